The number of aliphatic hydroxyl groups excluding tert-OH is 1. The lowest BCUT2D eigenvalue weighted by Crippen LogP contribution is -2.38. The average Bonchev–Trinajstić information content (AvgIpc) is 3.02. The van der Waals surface area contributed by atoms with Crippen LogP contribution in [0.1, 0.15) is 0 Å². The number of fused-ring (bicyclic) bond motifs is 1. The van der Waals surface area contributed by atoms with Gasteiger partial charge in [-0.3, -0.25) is 18.9 Å². The second-order valence-corrected chi connectivity index (χ2v) is 6.06. The predicted octanol–water partition coefficient (Wildman–Crippen LogP) is -1.84. The van der Waals surface area contributed by atoms with Gasteiger partial charge in [0.05, 0.1) is 45.1 Å². The number of nitrogens with zero attached hydrogens (tertiary/aromatic N) is 6. The molecule has 3 heterocycles. The summed E-state index contributed by atoms with van der Waals surface area (Å²) in [5.41, 5.74) is -0.268. The predicted molar refractivity (Wildman–Crippen MR) is 92.0 cm³/mol. The zero-order valence-corrected chi connectivity index (χ0v) is 14.3. The van der Waals surface area contributed by atoms with Crippen LogP contribution in [0.2, 0.25) is 0 Å². The number of imidazole rings is 1. The standard InChI is InChI=1S/C15H22N6O4/c1-18-13-12(14(23)19(2)15(18)24)21(10-17-13)8-11(22)7-16-9-20-3-5-25-6-4-20/h9-11,22H,3-8H2,1-2H3. The van der Waals surface area contributed by atoms with E-state index in [9.17, 15) is 14.7 Å². The van der Waals surface area contributed by atoms with Gasteiger partial charge >= 0.3 is 5.69 Å². The second-order valence-electron chi connectivity index (χ2n) is 6.06. The van der Waals surface area contributed by atoms with Gasteiger partial charge in [0.2, 0.25) is 0 Å². The molecule has 10 heteroatoms. The molecule has 0 radical (unpaired) electrons. The number of aliphatic imine (C=N–C) groups is 1. The first-order chi connectivity index (χ1) is 12.0. The number of hydrogen-bond acceptors (Lipinski definition) is 6. The van der Waals surface area contributed by atoms with E-state index in [0.29, 0.717) is 24.4 Å². The lowest BCUT2D eigenvalue weighted by Gasteiger charge is -2.24. The van der Waals surface area contributed by atoms with Crippen LogP contribution in [-0.4, -0.2) is 74.0 Å². The highest BCUT2D eigenvalue weighted by molar-refractivity contribution is 5.69. The first-order valence-corrected chi connectivity index (χ1v) is 8.09. The summed E-state index contributed by atoms with van der Waals surface area (Å²) in [6.07, 6.45) is 2.41. The van der Waals surface area contributed by atoms with Gasteiger partial charge in [-0.25, -0.2) is 9.78 Å². The Hall–Kier alpha value is -2.46. The number of aryl methyl sites for hydroxylation is 1. The minimum atomic E-state index is -0.767. The van der Waals surface area contributed by atoms with E-state index in [2.05, 4.69) is 9.98 Å². The zero-order chi connectivity index (χ0) is 18.0. The van der Waals surface area contributed by atoms with E-state index in [4.69, 9.17) is 4.74 Å². The van der Waals surface area contributed by atoms with Crippen molar-refractivity contribution >= 4 is 17.5 Å². The maximum absolute atomic E-state index is 12.3. The van der Waals surface area contributed by atoms with Gasteiger partial charge in [0.25, 0.3) is 5.56 Å². The lowest BCUT2D eigenvalue weighted by atomic mass is 10.3. The molecule has 1 saturated heterocycles. The Kier molecular flexibility index (Phi) is 5.00. The van der Waals surface area contributed by atoms with E-state index < -0.39 is 17.4 Å². The maximum atomic E-state index is 12.3. The van der Waals surface area contributed by atoms with E-state index in [1.807, 2.05) is 4.90 Å². The lowest BCUT2D eigenvalue weighted by molar-refractivity contribution is 0.0698. The van der Waals surface area contributed by atoms with Crippen LogP contribution in [0.4, 0.5) is 0 Å². The number of morpholine rings is 1. The molecular weight excluding hydrogens is 328 g/mol. The SMILES string of the molecule is Cn1c(=O)c2c(ncn2CC(O)CN=CN2CCOCC2)n(C)c1=O. The molecule has 0 bridgehead atoms. The summed E-state index contributed by atoms with van der Waals surface area (Å²) in [7, 11) is 2.98. The van der Waals surface area contributed by atoms with Crippen LogP contribution in [-0.2, 0) is 25.4 Å². The fourth-order valence-corrected chi connectivity index (χ4v) is 2.80. The van der Waals surface area contributed by atoms with Gasteiger partial charge in [-0.05, 0) is 0 Å². The Morgan fingerprint density at radius 2 is 2.04 bits per heavy atom. The van der Waals surface area contributed by atoms with E-state index in [0.717, 1.165) is 17.7 Å². The molecule has 1 aliphatic heterocycles. The van der Waals surface area contributed by atoms with Gasteiger partial charge in [0, 0.05) is 27.2 Å². The fourth-order valence-electron chi connectivity index (χ4n) is 2.80. The molecule has 3 rings (SSSR count). The molecule has 25 heavy (non-hydrogen) atoms. The Balaban J connectivity index is 1.73. The number of hydrogen-bond donors (Lipinski definition) is 1. The number of aliphatic hydroxyl groups is 1. The zero-order valence-electron chi connectivity index (χ0n) is 14.3. The van der Waals surface area contributed by atoms with E-state index in [1.54, 1.807) is 18.0 Å². The normalized spacial score (nSPS) is 16.8. The van der Waals surface area contributed by atoms with Crippen molar-refractivity contribution in [2.75, 3.05) is 32.8 Å². The highest BCUT2D eigenvalue weighted by Crippen LogP contribution is 2.06. The molecule has 1 atom stereocenters. The third-order valence-corrected chi connectivity index (χ3v) is 4.23. The van der Waals surface area contributed by atoms with E-state index in [-0.39, 0.29) is 13.1 Å². The number of rotatable bonds is 5. The van der Waals surface area contributed by atoms with Crippen LogP contribution >= 0.6 is 0 Å². The second kappa shape index (κ2) is 7.19. The molecule has 0 aliphatic carbocycles. The van der Waals surface area contributed by atoms with Crippen LogP contribution in [0, 0.1) is 0 Å². The summed E-state index contributed by atoms with van der Waals surface area (Å²) >= 11 is 0. The summed E-state index contributed by atoms with van der Waals surface area (Å²) < 4.78 is 9.17. The van der Waals surface area contributed by atoms with Gasteiger partial charge in [-0.1, -0.05) is 0 Å². The largest absolute Gasteiger partial charge is 0.389 e. The Morgan fingerprint density at radius 3 is 2.76 bits per heavy atom. The Labute approximate surface area is 143 Å². The van der Waals surface area contributed by atoms with Crippen LogP contribution < -0.4 is 11.2 Å². The van der Waals surface area contributed by atoms with Gasteiger partial charge in [-0.15, -0.1) is 0 Å². The molecule has 136 valence electrons. The third kappa shape index (κ3) is 3.49. The van der Waals surface area contributed by atoms with Gasteiger partial charge < -0.3 is 19.3 Å². The summed E-state index contributed by atoms with van der Waals surface area (Å²) in [5, 5.41) is 10.2. The molecule has 2 aromatic heterocycles. The van der Waals surface area contributed by atoms with Crippen molar-refractivity contribution in [3.8, 4) is 0 Å². The summed E-state index contributed by atoms with van der Waals surface area (Å²) in [4.78, 5) is 34.7. The van der Waals surface area contributed by atoms with Gasteiger partial charge in [-0.2, -0.15) is 0 Å². The number of aromatic nitrogens is 4. The van der Waals surface area contributed by atoms with Crippen LogP contribution in [0.5, 0.6) is 0 Å². The first-order valence-electron chi connectivity index (χ1n) is 8.09. The first kappa shape index (κ1) is 17.4. The van der Waals surface area contributed by atoms with Crippen molar-refractivity contribution in [3.63, 3.8) is 0 Å². The van der Waals surface area contributed by atoms with Crippen molar-refractivity contribution in [2.24, 2.45) is 19.1 Å². The summed E-state index contributed by atoms with van der Waals surface area (Å²) in [5.74, 6) is 0. The summed E-state index contributed by atoms with van der Waals surface area (Å²) in [6.45, 7) is 3.31. The molecule has 0 aromatic carbocycles. The van der Waals surface area contributed by atoms with Crippen molar-refractivity contribution in [1.82, 2.24) is 23.6 Å². The van der Waals surface area contributed by atoms with Crippen LogP contribution in [0.25, 0.3) is 11.2 Å². The molecule has 1 aliphatic rings. The minimum absolute atomic E-state index is 0.171. The molecule has 0 amide bonds. The van der Waals surface area contributed by atoms with Gasteiger partial charge in [0.1, 0.15) is 0 Å². The molecule has 1 N–H and O–H groups in total. The Bertz CT molecular complexity index is 890. The van der Waals surface area contributed by atoms with E-state index >= 15 is 0 Å². The number of ether oxygens (including phenoxy) is 1. The maximum Gasteiger partial charge on any atom is 0.332 e. The van der Waals surface area contributed by atoms with Crippen LogP contribution in [0.15, 0.2) is 20.9 Å². The van der Waals surface area contributed by atoms with Crippen LogP contribution in [0.3, 0.4) is 0 Å². The molecular formula is C15H22N6O4. The quantitative estimate of drug-likeness (QED) is 0.501. The van der Waals surface area contributed by atoms with Crippen molar-refractivity contribution < 1.29 is 9.84 Å². The molecule has 1 fully saturated rings. The molecule has 1 unspecified atom stereocenters. The average molecular weight is 350 g/mol. The van der Waals surface area contributed by atoms with Gasteiger partial charge in [0.15, 0.2) is 11.2 Å². The van der Waals surface area contributed by atoms with Crippen molar-refractivity contribution in [3.05, 3.63) is 27.2 Å². The van der Waals surface area contributed by atoms with Crippen molar-refractivity contribution in [1.29, 1.82) is 0 Å². The summed E-state index contributed by atoms with van der Waals surface area (Å²) in [6, 6.07) is 0. The smallest absolute Gasteiger partial charge is 0.332 e. The topological polar surface area (TPSA) is 107 Å². The van der Waals surface area contributed by atoms with Crippen molar-refractivity contribution in [2.45, 2.75) is 12.6 Å². The molecule has 10 nitrogen and oxygen atoms in total. The third-order valence-electron chi connectivity index (χ3n) is 4.23. The monoisotopic (exact) mass is 350 g/mol. The fraction of sp³-hybridized carbons (Fsp3) is 0.600. The Morgan fingerprint density at radius 1 is 1.32 bits per heavy atom. The molecule has 0 saturated carbocycles. The molecule has 2 aromatic rings. The minimum Gasteiger partial charge on any atom is -0.389 e. The highest BCUT2D eigenvalue weighted by atomic mass is 16.5. The van der Waals surface area contributed by atoms with E-state index in [1.165, 1.54) is 17.9 Å². The molecule has 0 spiro atoms. The highest BCUT2D eigenvalue weighted by Gasteiger charge is 2.16.